The number of methoxy groups -OCH3 is 1. The molecule has 0 radical (unpaired) electrons. The highest BCUT2D eigenvalue weighted by Gasteiger charge is 2.38. The molecule has 16 heavy (non-hydrogen) atoms. The van der Waals surface area contributed by atoms with E-state index in [4.69, 9.17) is 0 Å². The minimum atomic E-state index is -4.96. The molecule has 88 valence electrons. The van der Waals surface area contributed by atoms with Gasteiger partial charge in [-0.15, -0.1) is 0 Å². The fraction of sp³-hybridized carbons (Fsp3) is 0.300. The highest BCUT2D eigenvalue weighted by molar-refractivity contribution is 5.86. The first kappa shape index (κ1) is 12.5. The second kappa shape index (κ2) is 4.51. The predicted molar refractivity (Wildman–Crippen MR) is 47.7 cm³/mol. The van der Waals surface area contributed by atoms with Crippen molar-refractivity contribution in [1.29, 1.82) is 0 Å². The average Bonchev–Trinajstić information content (AvgIpc) is 2.19. The van der Waals surface area contributed by atoms with Gasteiger partial charge in [-0.1, -0.05) is 6.07 Å². The van der Waals surface area contributed by atoms with Crippen LogP contribution in [0, 0.1) is 5.82 Å². The largest absolute Gasteiger partial charge is 0.496 e. The van der Waals surface area contributed by atoms with Gasteiger partial charge in [0.1, 0.15) is 11.6 Å². The average molecular weight is 236 g/mol. The maximum atomic E-state index is 13.2. The summed E-state index contributed by atoms with van der Waals surface area (Å²) in [6.45, 7) is 0. The maximum absolute atomic E-state index is 13.2. The first-order valence-corrected chi connectivity index (χ1v) is 4.27. The van der Waals surface area contributed by atoms with Crippen molar-refractivity contribution in [2.24, 2.45) is 0 Å². The summed E-state index contributed by atoms with van der Waals surface area (Å²) in [7, 11) is 1.19. The molecule has 0 bridgehead atoms. The number of Topliss-reactive ketones (excluding diaryl/α,β-unsaturated/α-hetero) is 1. The number of rotatable bonds is 3. The number of alkyl halides is 3. The van der Waals surface area contributed by atoms with Gasteiger partial charge in [-0.3, -0.25) is 4.79 Å². The molecule has 0 spiro atoms. The number of hydrogen-bond donors (Lipinski definition) is 0. The van der Waals surface area contributed by atoms with Crippen LogP contribution in [0.3, 0.4) is 0 Å². The number of hydrogen-bond acceptors (Lipinski definition) is 2. The number of ketones is 1. The summed E-state index contributed by atoms with van der Waals surface area (Å²) in [5.74, 6) is -2.97. The lowest BCUT2D eigenvalue weighted by Gasteiger charge is -2.10. The molecule has 1 aromatic rings. The third-order valence-corrected chi connectivity index (χ3v) is 1.95. The first-order valence-electron chi connectivity index (χ1n) is 4.27. The molecule has 0 fully saturated rings. The van der Waals surface area contributed by atoms with Crippen LogP contribution in [0.1, 0.15) is 5.56 Å². The van der Waals surface area contributed by atoms with Gasteiger partial charge in [0.2, 0.25) is 5.78 Å². The van der Waals surface area contributed by atoms with Gasteiger partial charge >= 0.3 is 6.18 Å². The Bertz CT molecular complexity index is 398. The van der Waals surface area contributed by atoms with Gasteiger partial charge in [-0.05, 0) is 12.1 Å². The summed E-state index contributed by atoms with van der Waals surface area (Å²) < 4.78 is 53.8. The zero-order valence-electron chi connectivity index (χ0n) is 8.27. The van der Waals surface area contributed by atoms with Crippen LogP contribution in [-0.2, 0) is 11.2 Å². The van der Waals surface area contributed by atoms with Crippen LogP contribution in [-0.4, -0.2) is 19.1 Å². The van der Waals surface area contributed by atoms with Crippen molar-refractivity contribution in [3.05, 3.63) is 29.6 Å². The van der Waals surface area contributed by atoms with Gasteiger partial charge in [-0.25, -0.2) is 4.39 Å². The van der Waals surface area contributed by atoms with E-state index in [0.717, 1.165) is 6.07 Å². The molecule has 0 aliphatic carbocycles. The Kier molecular flexibility index (Phi) is 3.51. The highest BCUT2D eigenvalue weighted by atomic mass is 19.4. The fourth-order valence-electron chi connectivity index (χ4n) is 1.16. The molecular formula is C10H8F4O2. The van der Waals surface area contributed by atoms with Crippen LogP contribution in [0.15, 0.2) is 18.2 Å². The fourth-order valence-corrected chi connectivity index (χ4v) is 1.16. The summed E-state index contributed by atoms with van der Waals surface area (Å²) >= 11 is 0. The van der Waals surface area contributed by atoms with Crippen molar-refractivity contribution in [3.8, 4) is 5.75 Å². The van der Waals surface area contributed by atoms with Crippen molar-refractivity contribution in [3.63, 3.8) is 0 Å². The van der Waals surface area contributed by atoms with E-state index in [2.05, 4.69) is 4.74 Å². The summed E-state index contributed by atoms with van der Waals surface area (Å²) in [5, 5.41) is 0. The molecule has 0 amide bonds. The third-order valence-electron chi connectivity index (χ3n) is 1.95. The van der Waals surface area contributed by atoms with E-state index in [1.807, 2.05) is 0 Å². The minimum absolute atomic E-state index is 0.0717. The Morgan fingerprint density at radius 2 is 2.00 bits per heavy atom. The quantitative estimate of drug-likeness (QED) is 0.754. The molecule has 0 atom stereocenters. The molecule has 0 unspecified atom stereocenters. The summed E-state index contributed by atoms with van der Waals surface area (Å²) in [6.07, 6.45) is -6.02. The van der Waals surface area contributed by atoms with Gasteiger partial charge in [0.15, 0.2) is 0 Å². The van der Waals surface area contributed by atoms with E-state index in [1.165, 1.54) is 19.2 Å². The predicted octanol–water partition coefficient (Wildman–Crippen LogP) is 2.51. The highest BCUT2D eigenvalue weighted by Crippen LogP contribution is 2.25. The number of ether oxygens (including phenoxy) is 1. The van der Waals surface area contributed by atoms with E-state index in [9.17, 15) is 22.4 Å². The number of carbonyl (C=O) groups is 1. The van der Waals surface area contributed by atoms with E-state index < -0.39 is 24.2 Å². The molecule has 0 saturated heterocycles. The maximum Gasteiger partial charge on any atom is 0.450 e. The van der Waals surface area contributed by atoms with Gasteiger partial charge in [0.05, 0.1) is 7.11 Å². The van der Waals surface area contributed by atoms with E-state index in [0.29, 0.717) is 0 Å². The van der Waals surface area contributed by atoms with E-state index >= 15 is 0 Å². The lowest BCUT2D eigenvalue weighted by molar-refractivity contribution is -0.170. The molecule has 2 nitrogen and oxygen atoms in total. The van der Waals surface area contributed by atoms with Crippen LogP contribution in [0.4, 0.5) is 17.6 Å². The second-order valence-corrected chi connectivity index (χ2v) is 3.02. The standard InChI is InChI=1S/C10H8F4O2/c1-16-8-4-2-3-7(11)6(8)5-9(15)10(12,13)14/h2-4H,5H2,1H3. The third kappa shape index (κ3) is 2.71. The van der Waals surface area contributed by atoms with Crippen LogP contribution in [0.2, 0.25) is 0 Å². The zero-order chi connectivity index (χ0) is 12.3. The van der Waals surface area contributed by atoms with Crippen molar-refractivity contribution in [2.45, 2.75) is 12.6 Å². The monoisotopic (exact) mass is 236 g/mol. The van der Waals surface area contributed by atoms with Crippen molar-refractivity contribution >= 4 is 5.78 Å². The van der Waals surface area contributed by atoms with E-state index in [1.54, 1.807) is 0 Å². The zero-order valence-corrected chi connectivity index (χ0v) is 8.27. The summed E-state index contributed by atoms with van der Waals surface area (Å²) in [6, 6.07) is 3.55. The lowest BCUT2D eigenvalue weighted by Crippen LogP contribution is -2.25. The van der Waals surface area contributed by atoms with E-state index in [-0.39, 0.29) is 11.3 Å². The molecule has 0 aromatic heterocycles. The van der Waals surface area contributed by atoms with Gasteiger partial charge in [0.25, 0.3) is 0 Å². The molecule has 6 heteroatoms. The number of halogens is 4. The Labute approximate surface area is 88.8 Å². The molecule has 0 N–H and O–H groups in total. The first-order chi connectivity index (χ1) is 7.36. The molecule has 0 aliphatic heterocycles. The molecule has 1 rings (SSSR count). The van der Waals surface area contributed by atoms with Crippen molar-refractivity contribution < 1.29 is 27.1 Å². The van der Waals surface area contributed by atoms with Gasteiger partial charge in [-0.2, -0.15) is 13.2 Å². The number of carbonyl (C=O) groups excluding carboxylic acids is 1. The van der Waals surface area contributed by atoms with Crippen LogP contribution < -0.4 is 4.74 Å². The molecule has 0 saturated carbocycles. The van der Waals surface area contributed by atoms with Gasteiger partial charge < -0.3 is 4.74 Å². The normalized spacial score (nSPS) is 11.3. The number of benzene rings is 1. The summed E-state index contributed by atoms with van der Waals surface area (Å²) in [5.41, 5.74) is -0.382. The molecule has 0 aliphatic rings. The topological polar surface area (TPSA) is 26.3 Å². The van der Waals surface area contributed by atoms with Crippen molar-refractivity contribution in [1.82, 2.24) is 0 Å². The Morgan fingerprint density at radius 3 is 2.50 bits per heavy atom. The molecular weight excluding hydrogens is 228 g/mol. The Morgan fingerprint density at radius 1 is 1.38 bits per heavy atom. The van der Waals surface area contributed by atoms with Crippen LogP contribution >= 0.6 is 0 Å². The smallest absolute Gasteiger partial charge is 0.450 e. The van der Waals surface area contributed by atoms with Crippen LogP contribution in [0.5, 0.6) is 5.75 Å². The SMILES string of the molecule is COc1cccc(F)c1CC(=O)C(F)(F)F. The Hall–Kier alpha value is -1.59. The Balaban J connectivity index is 3.01. The van der Waals surface area contributed by atoms with Crippen molar-refractivity contribution in [2.75, 3.05) is 7.11 Å². The minimum Gasteiger partial charge on any atom is -0.496 e. The lowest BCUT2D eigenvalue weighted by atomic mass is 10.1. The second-order valence-electron chi connectivity index (χ2n) is 3.02. The molecule has 1 aromatic carbocycles. The summed E-state index contributed by atoms with van der Waals surface area (Å²) in [4.78, 5) is 10.7. The van der Waals surface area contributed by atoms with Gasteiger partial charge in [0, 0.05) is 12.0 Å². The molecule has 0 heterocycles. The van der Waals surface area contributed by atoms with Crippen LogP contribution in [0.25, 0.3) is 0 Å².